The van der Waals surface area contributed by atoms with Gasteiger partial charge in [-0.15, -0.1) is 11.3 Å². The third-order valence-electron chi connectivity index (χ3n) is 2.82. The van der Waals surface area contributed by atoms with Gasteiger partial charge < -0.3 is 5.11 Å². The standard InChI is InChI=1S/C12H19NO2S/c1-8(12(14)15)7-13(4)10(3)11-6-5-9(2)16-11/h5-6,8,10H,7H2,1-4H3,(H,14,15). The van der Waals surface area contributed by atoms with Gasteiger partial charge in [0, 0.05) is 22.3 Å². The molecule has 3 nitrogen and oxygen atoms in total. The number of carbonyl (C=O) groups is 1. The summed E-state index contributed by atoms with van der Waals surface area (Å²) in [5, 5.41) is 8.86. The van der Waals surface area contributed by atoms with Crippen LogP contribution in [0.3, 0.4) is 0 Å². The van der Waals surface area contributed by atoms with Crippen molar-refractivity contribution in [1.82, 2.24) is 4.90 Å². The predicted molar refractivity (Wildman–Crippen MR) is 66.9 cm³/mol. The monoisotopic (exact) mass is 241 g/mol. The van der Waals surface area contributed by atoms with Gasteiger partial charge in [-0.1, -0.05) is 6.92 Å². The van der Waals surface area contributed by atoms with Crippen LogP contribution in [0, 0.1) is 12.8 Å². The Balaban J connectivity index is 2.60. The van der Waals surface area contributed by atoms with E-state index in [0.717, 1.165) is 0 Å². The largest absolute Gasteiger partial charge is 0.481 e. The topological polar surface area (TPSA) is 40.5 Å². The molecule has 1 N–H and O–H groups in total. The van der Waals surface area contributed by atoms with Crippen molar-refractivity contribution in [2.24, 2.45) is 5.92 Å². The molecule has 0 saturated carbocycles. The SMILES string of the molecule is Cc1ccc(C(C)N(C)CC(C)C(=O)O)s1. The van der Waals surface area contributed by atoms with Gasteiger partial charge in [0.25, 0.3) is 0 Å². The summed E-state index contributed by atoms with van der Waals surface area (Å²) in [6.07, 6.45) is 0. The Hall–Kier alpha value is -0.870. The highest BCUT2D eigenvalue weighted by Crippen LogP contribution is 2.26. The van der Waals surface area contributed by atoms with Crippen molar-refractivity contribution in [1.29, 1.82) is 0 Å². The maximum Gasteiger partial charge on any atom is 0.307 e. The number of nitrogens with zero attached hydrogens (tertiary/aromatic N) is 1. The Morgan fingerprint density at radius 1 is 1.50 bits per heavy atom. The highest BCUT2D eigenvalue weighted by molar-refractivity contribution is 7.12. The zero-order valence-corrected chi connectivity index (χ0v) is 11.0. The number of hydrogen-bond acceptors (Lipinski definition) is 3. The van der Waals surface area contributed by atoms with E-state index in [-0.39, 0.29) is 12.0 Å². The Bertz CT molecular complexity index is 362. The molecule has 0 amide bonds. The molecule has 2 unspecified atom stereocenters. The second kappa shape index (κ2) is 5.46. The Morgan fingerprint density at radius 3 is 2.56 bits per heavy atom. The predicted octanol–water partition coefficient (Wildman–Crippen LogP) is 2.77. The first kappa shape index (κ1) is 13.2. The maximum atomic E-state index is 10.8. The summed E-state index contributed by atoms with van der Waals surface area (Å²) in [5.41, 5.74) is 0. The number of carboxylic acid groups (broad SMARTS) is 1. The lowest BCUT2D eigenvalue weighted by Crippen LogP contribution is -2.30. The van der Waals surface area contributed by atoms with Crippen molar-refractivity contribution in [3.63, 3.8) is 0 Å². The zero-order chi connectivity index (χ0) is 12.3. The molecule has 0 radical (unpaired) electrons. The van der Waals surface area contributed by atoms with E-state index >= 15 is 0 Å². The van der Waals surface area contributed by atoms with Crippen LogP contribution in [0.4, 0.5) is 0 Å². The Kier molecular flexibility index (Phi) is 4.50. The second-order valence-corrected chi connectivity index (χ2v) is 5.62. The smallest absolute Gasteiger partial charge is 0.307 e. The number of thiophene rings is 1. The molecular formula is C12H19NO2S. The molecule has 0 bridgehead atoms. The van der Waals surface area contributed by atoms with E-state index in [2.05, 4.69) is 30.9 Å². The number of rotatable bonds is 5. The summed E-state index contributed by atoms with van der Waals surface area (Å²) in [7, 11) is 1.97. The fourth-order valence-electron chi connectivity index (χ4n) is 1.56. The van der Waals surface area contributed by atoms with Gasteiger partial charge in [-0.05, 0) is 33.0 Å². The van der Waals surface area contributed by atoms with Gasteiger partial charge in [0.15, 0.2) is 0 Å². The highest BCUT2D eigenvalue weighted by Gasteiger charge is 2.19. The van der Waals surface area contributed by atoms with Gasteiger partial charge in [-0.25, -0.2) is 0 Å². The number of hydrogen-bond donors (Lipinski definition) is 1. The molecule has 0 saturated heterocycles. The first-order valence-corrected chi connectivity index (χ1v) is 6.23. The number of aryl methyl sites for hydroxylation is 1. The lowest BCUT2D eigenvalue weighted by atomic mass is 10.1. The van der Waals surface area contributed by atoms with Crippen LogP contribution in [0.25, 0.3) is 0 Å². The van der Waals surface area contributed by atoms with E-state index in [1.54, 1.807) is 18.3 Å². The van der Waals surface area contributed by atoms with Crippen LogP contribution in [-0.2, 0) is 4.79 Å². The lowest BCUT2D eigenvalue weighted by Gasteiger charge is -2.25. The van der Waals surface area contributed by atoms with Crippen molar-refractivity contribution in [2.75, 3.05) is 13.6 Å². The summed E-state index contributed by atoms with van der Waals surface area (Å²) in [4.78, 5) is 15.4. The molecule has 1 aromatic rings. The van der Waals surface area contributed by atoms with Crippen molar-refractivity contribution in [2.45, 2.75) is 26.8 Å². The van der Waals surface area contributed by atoms with E-state index in [0.29, 0.717) is 6.54 Å². The number of carboxylic acids is 1. The minimum atomic E-state index is -0.735. The van der Waals surface area contributed by atoms with Crippen LogP contribution in [-0.4, -0.2) is 29.6 Å². The van der Waals surface area contributed by atoms with Gasteiger partial charge in [-0.2, -0.15) is 0 Å². The average molecular weight is 241 g/mol. The van der Waals surface area contributed by atoms with Gasteiger partial charge >= 0.3 is 5.97 Å². The summed E-state index contributed by atoms with van der Waals surface area (Å²) in [6.45, 7) is 6.51. The third kappa shape index (κ3) is 3.32. The summed E-state index contributed by atoms with van der Waals surface area (Å²) < 4.78 is 0. The van der Waals surface area contributed by atoms with Gasteiger partial charge in [0.1, 0.15) is 0 Å². The van der Waals surface area contributed by atoms with Crippen molar-refractivity contribution < 1.29 is 9.90 Å². The first-order valence-electron chi connectivity index (χ1n) is 5.41. The molecular weight excluding hydrogens is 222 g/mol. The van der Waals surface area contributed by atoms with Gasteiger partial charge in [0.2, 0.25) is 0 Å². The maximum absolute atomic E-state index is 10.8. The van der Waals surface area contributed by atoms with Crippen LogP contribution in [0.15, 0.2) is 12.1 Å². The van der Waals surface area contributed by atoms with E-state index in [4.69, 9.17) is 5.11 Å². The van der Waals surface area contributed by atoms with E-state index < -0.39 is 5.97 Å². The molecule has 0 aliphatic rings. The minimum Gasteiger partial charge on any atom is -0.481 e. The van der Waals surface area contributed by atoms with Crippen molar-refractivity contribution in [3.05, 3.63) is 21.9 Å². The molecule has 1 aromatic heterocycles. The molecule has 0 aliphatic carbocycles. The molecule has 90 valence electrons. The molecule has 0 fully saturated rings. The fraction of sp³-hybridized carbons (Fsp3) is 0.583. The Morgan fingerprint density at radius 2 is 2.12 bits per heavy atom. The molecule has 2 atom stereocenters. The quantitative estimate of drug-likeness (QED) is 0.861. The average Bonchev–Trinajstić information content (AvgIpc) is 2.63. The van der Waals surface area contributed by atoms with Crippen molar-refractivity contribution in [3.8, 4) is 0 Å². The molecule has 0 spiro atoms. The fourth-order valence-corrected chi connectivity index (χ4v) is 2.56. The molecule has 1 rings (SSSR count). The van der Waals surface area contributed by atoms with E-state index in [9.17, 15) is 4.79 Å². The summed E-state index contributed by atoms with van der Waals surface area (Å²) in [5.74, 6) is -1.06. The molecule has 0 aliphatic heterocycles. The van der Waals surface area contributed by atoms with E-state index in [1.807, 2.05) is 7.05 Å². The zero-order valence-electron chi connectivity index (χ0n) is 10.2. The van der Waals surface area contributed by atoms with Crippen LogP contribution < -0.4 is 0 Å². The molecule has 0 aromatic carbocycles. The molecule has 4 heteroatoms. The third-order valence-corrected chi connectivity index (χ3v) is 3.99. The van der Waals surface area contributed by atoms with Gasteiger partial charge in [0.05, 0.1) is 5.92 Å². The van der Waals surface area contributed by atoms with Crippen LogP contribution in [0.1, 0.15) is 29.6 Å². The van der Waals surface area contributed by atoms with Gasteiger partial charge in [-0.3, -0.25) is 9.69 Å². The lowest BCUT2D eigenvalue weighted by molar-refractivity contribution is -0.141. The summed E-state index contributed by atoms with van der Waals surface area (Å²) in [6, 6.07) is 4.50. The molecule has 1 heterocycles. The van der Waals surface area contributed by atoms with Crippen LogP contribution in [0.5, 0.6) is 0 Å². The van der Waals surface area contributed by atoms with E-state index in [1.165, 1.54) is 9.75 Å². The highest BCUT2D eigenvalue weighted by atomic mass is 32.1. The second-order valence-electron chi connectivity index (χ2n) is 4.30. The molecule has 16 heavy (non-hydrogen) atoms. The van der Waals surface area contributed by atoms with Crippen molar-refractivity contribution >= 4 is 17.3 Å². The first-order chi connectivity index (χ1) is 7.41. The Labute approximate surface area is 101 Å². The normalized spacial score (nSPS) is 15.1. The number of aliphatic carboxylic acids is 1. The minimum absolute atomic E-state index is 0.278. The summed E-state index contributed by atoms with van der Waals surface area (Å²) >= 11 is 1.77. The van der Waals surface area contributed by atoms with Crippen LogP contribution >= 0.6 is 11.3 Å². The van der Waals surface area contributed by atoms with Crippen LogP contribution in [0.2, 0.25) is 0 Å².